The molecule has 0 aliphatic carbocycles. The van der Waals surface area contributed by atoms with Gasteiger partial charge in [-0.2, -0.15) is 0 Å². The van der Waals surface area contributed by atoms with Crippen molar-refractivity contribution in [2.45, 2.75) is 18.0 Å². The summed E-state index contributed by atoms with van der Waals surface area (Å²) in [5.41, 5.74) is 1.25. The van der Waals surface area contributed by atoms with Crippen LogP contribution in [0, 0.1) is 0 Å². The quantitative estimate of drug-likeness (QED) is 0.742. The monoisotopic (exact) mass is 322 g/mol. The molecule has 0 saturated heterocycles. The molecule has 0 radical (unpaired) electrons. The average molecular weight is 322 g/mol. The molecule has 1 N–H and O–H groups in total. The van der Waals surface area contributed by atoms with Gasteiger partial charge in [0.05, 0.1) is 6.33 Å². The van der Waals surface area contributed by atoms with Gasteiger partial charge in [0.2, 0.25) is 0 Å². The smallest absolute Gasteiger partial charge is 0.259 e. The standard InChI is InChI=1S/C15H22N4O2S/c1-18(11-14-7-4-3-5-8-14)10-6-9-17-22(20,21)15-12-19(2)13-16-15/h3-5,7-8,12-13,17H,6,9-11H2,1-2H3. The first kappa shape index (κ1) is 16.7. The zero-order chi connectivity index (χ0) is 16.0. The second kappa shape index (κ2) is 7.53. The first-order chi connectivity index (χ1) is 10.5. The molecule has 1 aromatic carbocycles. The minimum atomic E-state index is -3.50. The second-order valence-electron chi connectivity index (χ2n) is 5.35. The molecule has 0 fully saturated rings. The number of sulfonamides is 1. The number of aryl methyl sites for hydroxylation is 1. The lowest BCUT2D eigenvalue weighted by Crippen LogP contribution is -2.28. The highest BCUT2D eigenvalue weighted by molar-refractivity contribution is 7.89. The van der Waals surface area contributed by atoms with Crippen LogP contribution in [0.15, 0.2) is 47.9 Å². The van der Waals surface area contributed by atoms with Gasteiger partial charge in [-0.25, -0.2) is 18.1 Å². The van der Waals surface area contributed by atoms with Gasteiger partial charge in [0, 0.05) is 26.3 Å². The van der Waals surface area contributed by atoms with Crippen molar-refractivity contribution in [1.29, 1.82) is 0 Å². The molecular formula is C15H22N4O2S. The minimum Gasteiger partial charge on any atom is -0.339 e. The summed E-state index contributed by atoms with van der Waals surface area (Å²) < 4.78 is 28.2. The number of nitrogens with one attached hydrogen (secondary N) is 1. The minimum absolute atomic E-state index is 0.0626. The summed E-state index contributed by atoms with van der Waals surface area (Å²) in [5.74, 6) is 0. The van der Waals surface area contributed by atoms with Crippen molar-refractivity contribution in [1.82, 2.24) is 19.2 Å². The SMILES string of the molecule is CN(CCCNS(=O)(=O)c1cn(C)cn1)Cc1ccccc1. The number of benzene rings is 1. The Morgan fingerprint density at radius 3 is 2.64 bits per heavy atom. The molecule has 0 aliphatic heterocycles. The fraction of sp³-hybridized carbons (Fsp3) is 0.400. The summed E-state index contributed by atoms with van der Waals surface area (Å²) in [6.45, 7) is 2.07. The molecule has 0 aliphatic rings. The van der Waals surface area contributed by atoms with Crippen LogP contribution in [0.4, 0.5) is 0 Å². The molecule has 0 spiro atoms. The van der Waals surface area contributed by atoms with E-state index in [1.165, 1.54) is 18.1 Å². The lowest BCUT2D eigenvalue weighted by molar-refractivity contribution is 0.322. The Hall–Kier alpha value is -1.70. The van der Waals surface area contributed by atoms with Crippen LogP contribution in [0.2, 0.25) is 0 Å². The molecule has 0 atom stereocenters. The van der Waals surface area contributed by atoms with E-state index < -0.39 is 10.0 Å². The van der Waals surface area contributed by atoms with E-state index in [0.717, 1.165) is 19.5 Å². The van der Waals surface area contributed by atoms with Gasteiger partial charge in [-0.15, -0.1) is 0 Å². The van der Waals surface area contributed by atoms with Crippen LogP contribution in [0.3, 0.4) is 0 Å². The van der Waals surface area contributed by atoms with Crippen molar-refractivity contribution in [3.05, 3.63) is 48.4 Å². The van der Waals surface area contributed by atoms with Gasteiger partial charge in [0.25, 0.3) is 10.0 Å². The van der Waals surface area contributed by atoms with Gasteiger partial charge in [0.15, 0.2) is 5.03 Å². The Labute approximate surface area is 131 Å². The van der Waals surface area contributed by atoms with Crippen LogP contribution >= 0.6 is 0 Å². The molecule has 2 rings (SSSR count). The third-order valence-electron chi connectivity index (χ3n) is 3.26. The molecule has 0 bridgehead atoms. The zero-order valence-electron chi connectivity index (χ0n) is 12.9. The van der Waals surface area contributed by atoms with E-state index in [9.17, 15) is 8.42 Å². The molecule has 0 saturated carbocycles. The zero-order valence-corrected chi connectivity index (χ0v) is 13.8. The Balaban J connectivity index is 1.73. The van der Waals surface area contributed by atoms with E-state index in [-0.39, 0.29) is 5.03 Å². The fourth-order valence-electron chi connectivity index (χ4n) is 2.13. The summed E-state index contributed by atoms with van der Waals surface area (Å²) in [7, 11) is 0.272. The summed E-state index contributed by atoms with van der Waals surface area (Å²) >= 11 is 0. The van der Waals surface area contributed by atoms with Gasteiger partial charge < -0.3 is 9.47 Å². The first-order valence-electron chi connectivity index (χ1n) is 7.17. The Bertz CT molecular complexity index is 683. The Morgan fingerprint density at radius 2 is 2.00 bits per heavy atom. The molecule has 6 nitrogen and oxygen atoms in total. The van der Waals surface area contributed by atoms with Crippen molar-refractivity contribution in [3.8, 4) is 0 Å². The molecule has 2 aromatic rings. The fourth-order valence-corrected chi connectivity index (χ4v) is 3.18. The van der Waals surface area contributed by atoms with Gasteiger partial charge in [-0.3, -0.25) is 0 Å². The van der Waals surface area contributed by atoms with Crippen molar-refractivity contribution in [2.24, 2.45) is 7.05 Å². The predicted molar refractivity (Wildman–Crippen MR) is 85.8 cm³/mol. The number of aromatic nitrogens is 2. The second-order valence-corrected chi connectivity index (χ2v) is 7.07. The molecule has 22 heavy (non-hydrogen) atoms. The average Bonchev–Trinajstić information content (AvgIpc) is 2.92. The maximum atomic E-state index is 12.0. The molecule has 0 unspecified atom stereocenters. The van der Waals surface area contributed by atoms with Gasteiger partial charge in [-0.05, 0) is 25.6 Å². The van der Waals surface area contributed by atoms with Crippen molar-refractivity contribution in [2.75, 3.05) is 20.1 Å². The third-order valence-corrected chi connectivity index (χ3v) is 4.61. The summed E-state index contributed by atoms with van der Waals surface area (Å²) in [6.07, 6.45) is 3.71. The number of nitrogens with zero attached hydrogens (tertiary/aromatic N) is 3. The van der Waals surface area contributed by atoms with Crippen LogP contribution < -0.4 is 4.72 Å². The Morgan fingerprint density at radius 1 is 1.27 bits per heavy atom. The Kier molecular flexibility index (Phi) is 5.70. The maximum absolute atomic E-state index is 12.0. The number of imidazole rings is 1. The van der Waals surface area contributed by atoms with Crippen molar-refractivity contribution in [3.63, 3.8) is 0 Å². The highest BCUT2D eigenvalue weighted by Gasteiger charge is 2.15. The summed E-state index contributed by atoms with van der Waals surface area (Å²) in [5, 5.41) is 0.0626. The van der Waals surface area contributed by atoms with Gasteiger partial charge >= 0.3 is 0 Å². The predicted octanol–water partition coefficient (Wildman–Crippen LogP) is 1.22. The topological polar surface area (TPSA) is 67.2 Å². The number of hydrogen-bond acceptors (Lipinski definition) is 4. The number of hydrogen-bond donors (Lipinski definition) is 1. The van der Waals surface area contributed by atoms with Crippen LogP contribution in [-0.4, -0.2) is 43.0 Å². The lowest BCUT2D eigenvalue weighted by atomic mass is 10.2. The van der Waals surface area contributed by atoms with Gasteiger partial charge in [-0.1, -0.05) is 30.3 Å². The largest absolute Gasteiger partial charge is 0.339 e. The highest BCUT2D eigenvalue weighted by atomic mass is 32.2. The number of rotatable bonds is 8. The van der Waals surface area contributed by atoms with Crippen molar-refractivity contribution < 1.29 is 8.42 Å². The van der Waals surface area contributed by atoms with E-state index in [0.29, 0.717) is 6.54 Å². The van der Waals surface area contributed by atoms with Gasteiger partial charge in [0.1, 0.15) is 0 Å². The lowest BCUT2D eigenvalue weighted by Gasteiger charge is -2.16. The van der Waals surface area contributed by atoms with E-state index in [1.54, 1.807) is 11.6 Å². The normalized spacial score (nSPS) is 12.0. The third kappa shape index (κ3) is 4.94. The van der Waals surface area contributed by atoms with Crippen LogP contribution in [0.25, 0.3) is 0 Å². The van der Waals surface area contributed by atoms with Crippen LogP contribution in [0.1, 0.15) is 12.0 Å². The maximum Gasteiger partial charge on any atom is 0.259 e. The van der Waals surface area contributed by atoms with Crippen LogP contribution in [-0.2, 0) is 23.6 Å². The first-order valence-corrected chi connectivity index (χ1v) is 8.66. The van der Waals surface area contributed by atoms with Crippen molar-refractivity contribution >= 4 is 10.0 Å². The summed E-state index contributed by atoms with van der Waals surface area (Å²) in [4.78, 5) is 6.03. The van der Waals surface area contributed by atoms with E-state index in [1.807, 2.05) is 25.2 Å². The summed E-state index contributed by atoms with van der Waals surface area (Å²) in [6, 6.07) is 10.2. The molecule has 120 valence electrons. The molecule has 7 heteroatoms. The van der Waals surface area contributed by atoms with E-state index in [4.69, 9.17) is 0 Å². The molecular weight excluding hydrogens is 300 g/mol. The van der Waals surface area contributed by atoms with Crippen LogP contribution in [0.5, 0.6) is 0 Å². The molecule has 0 amide bonds. The molecule has 1 aromatic heterocycles. The van der Waals surface area contributed by atoms with E-state index >= 15 is 0 Å². The molecule has 1 heterocycles. The highest BCUT2D eigenvalue weighted by Crippen LogP contribution is 2.05. The van der Waals surface area contributed by atoms with E-state index in [2.05, 4.69) is 26.7 Å².